The van der Waals surface area contributed by atoms with E-state index in [4.69, 9.17) is 0 Å². The molecule has 1 aromatic heterocycles. The van der Waals surface area contributed by atoms with Crippen molar-refractivity contribution < 1.29 is 19.8 Å². The van der Waals surface area contributed by atoms with Gasteiger partial charge in [0.15, 0.2) is 0 Å². The zero-order chi connectivity index (χ0) is 9.14. The summed E-state index contributed by atoms with van der Waals surface area (Å²) in [5.41, 5.74) is -1.09. The van der Waals surface area contributed by atoms with E-state index in [1.807, 2.05) is 0 Å². The van der Waals surface area contributed by atoms with Gasteiger partial charge in [0.2, 0.25) is 0 Å². The summed E-state index contributed by atoms with van der Waals surface area (Å²) in [6, 6.07) is 2.39. The molecule has 0 unspecified atom stereocenters. The molecule has 62 valence electrons. The monoisotopic (exact) mass is 205 g/mol. The van der Waals surface area contributed by atoms with Crippen molar-refractivity contribution in [3.8, 4) is 0 Å². The van der Waals surface area contributed by atoms with Crippen molar-refractivity contribution in [2.24, 2.45) is 0 Å². The van der Waals surface area contributed by atoms with E-state index in [1.165, 1.54) is 6.07 Å². The zero-order valence-electron chi connectivity index (χ0n) is 6.52. The van der Waals surface area contributed by atoms with Crippen LogP contribution in [0, 0.1) is 0 Å². The van der Waals surface area contributed by atoms with Gasteiger partial charge in [-0.05, 0) is 12.1 Å². The Morgan fingerprint density at radius 1 is 1.23 bits per heavy atom. The molecule has 0 aromatic carbocycles. The van der Waals surface area contributed by atoms with E-state index in [2.05, 4.69) is 4.98 Å². The average molecular weight is 205 g/mol. The van der Waals surface area contributed by atoms with Crippen molar-refractivity contribution in [1.82, 2.24) is 4.98 Å². The number of carboxylic acids is 2. The number of aromatic nitrogens is 1. The standard InChI is InChI=1S/C7H5NO4.Ca/c9-6(10)4-2-1-3-8-5(4)7(11)12;/h1-3H,(H,9,10)(H,11,12);/q;+2/p-2. The number of hydrogen-bond donors (Lipinski definition) is 0. The molecule has 0 saturated heterocycles. The Hall–Kier alpha value is -0.650. The van der Waals surface area contributed by atoms with Gasteiger partial charge in [-0.3, -0.25) is 4.98 Å². The van der Waals surface area contributed by atoms with Crippen molar-refractivity contribution in [3.05, 3.63) is 29.6 Å². The maximum atomic E-state index is 10.3. The summed E-state index contributed by atoms with van der Waals surface area (Å²) in [6.45, 7) is 0. The van der Waals surface area contributed by atoms with Crippen LogP contribution in [0.5, 0.6) is 0 Å². The van der Waals surface area contributed by atoms with E-state index in [0.29, 0.717) is 0 Å². The van der Waals surface area contributed by atoms with Crippen LogP contribution in [0.15, 0.2) is 18.3 Å². The number of hydrogen-bond acceptors (Lipinski definition) is 5. The summed E-state index contributed by atoms with van der Waals surface area (Å²) >= 11 is 0. The fourth-order valence-electron chi connectivity index (χ4n) is 0.733. The Labute approximate surface area is 103 Å². The van der Waals surface area contributed by atoms with Crippen molar-refractivity contribution in [2.75, 3.05) is 0 Å². The number of carbonyl (C=O) groups is 2. The summed E-state index contributed by atoms with van der Waals surface area (Å²) < 4.78 is 0. The minimum atomic E-state index is -1.63. The Morgan fingerprint density at radius 3 is 2.23 bits per heavy atom. The third kappa shape index (κ3) is 2.95. The topological polar surface area (TPSA) is 93.2 Å². The maximum Gasteiger partial charge on any atom is 2.00 e. The molecule has 1 rings (SSSR count). The van der Waals surface area contributed by atoms with Crippen molar-refractivity contribution in [3.63, 3.8) is 0 Å². The van der Waals surface area contributed by atoms with Crippen molar-refractivity contribution in [1.29, 1.82) is 0 Å². The molecule has 1 aromatic rings. The molecule has 0 spiro atoms. The quantitative estimate of drug-likeness (QED) is 0.494. The Morgan fingerprint density at radius 2 is 1.85 bits per heavy atom. The van der Waals surface area contributed by atoms with Gasteiger partial charge >= 0.3 is 37.7 Å². The number of aromatic carboxylic acids is 2. The van der Waals surface area contributed by atoms with E-state index in [9.17, 15) is 19.8 Å². The van der Waals surface area contributed by atoms with Gasteiger partial charge in [-0.2, -0.15) is 0 Å². The molecule has 0 bridgehead atoms. The first-order valence-corrected chi connectivity index (χ1v) is 3.00. The molecule has 0 atom stereocenters. The second-order valence-corrected chi connectivity index (χ2v) is 1.97. The molecule has 5 nitrogen and oxygen atoms in total. The van der Waals surface area contributed by atoms with Crippen LogP contribution in [0.2, 0.25) is 0 Å². The number of rotatable bonds is 2. The molecule has 0 fully saturated rings. The summed E-state index contributed by atoms with van der Waals surface area (Å²) in [4.78, 5) is 23.9. The average Bonchev–Trinajstić information content (AvgIpc) is 2.04. The van der Waals surface area contributed by atoms with E-state index in [0.717, 1.165) is 12.3 Å². The van der Waals surface area contributed by atoms with E-state index in [1.54, 1.807) is 0 Å². The summed E-state index contributed by atoms with van der Waals surface area (Å²) in [7, 11) is 0. The minimum Gasteiger partial charge on any atom is -0.545 e. The van der Waals surface area contributed by atoms with Crippen LogP contribution in [0.4, 0.5) is 0 Å². The molecule has 6 heteroatoms. The normalized spacial score (nSPS) is 8.62. The van der Waals surface area contributed by atoms with Crippen LogP contribution < -0.4 is 10.2 Å². The number of carbonyl (C=O) groups excluding carboxylic acids is 2. The molecule has 0 aliphatic carbocycles. The molecule has 0 aliphatic rings. The van der Waals surface area contributed by atoms with Crippen LogP contribution >= 0.6 is 0 Å². The van der Waals surface area contributed by atoms with E-state index >= 15 is 0 Å². The molecule has 1 heterocycles. The first-order chi connectivity index (χ1) is 5.63. The van der Waals surface area contributed by atoms with Gasteiger partial charge in [0.1, 0.15) is 0 Å². The molecular weight excluding hydrogens is 202 g/mol. The molecule has 0 amide bonds. The number of pyridine rings is 1. The van der Waals surface area contributed by atoms with Crippen LogP contribution in [0.1, 0.15) is 20.8 Å². The van der Waals surface area contributed by atoms with Gasteiger partial charge in [0, 0.05) is 11.8 Å². The van der Waals surface area contributed by atoms with Crippen molar-refractivity contribution >= 4 is 49.7 Å². The maximum absolute atomic E-state index is 10.3. The van der Waals surface area contributed by atoms with Crippen LogP contribution in [0.25, 0.3) is 0 Å². The Bertz CT molecular complexity index is 306. The number of nitrogens with zero attached hydrogens (tertiary/aromatic N) is 1. The van der Waals surface area contributed by atoms with Gasteiger partial charge in [0.05, 0.1) is 17.6 Å². The first-order valence-electron chi connectivity index (χ1n) is 3.00. The fraction of sp³-hybridized carbons (Fsp3) is 0. The Balaban J connectivity index is 0.00000144. The zero-order valence-corrected chi connectivity index (χ0v) is 8.73. The summed E-state index contributed by atoms with van der Waals surface area (Å²) in [6.07, 6.45) is 1.16. The van der Waals surface area contributed by atoms with Gasteiger partial charge in [-0.1, -0.05) is 0 Å². The third-order valence-corrected chi connectivity index (χ3v) is 1.22. The molecule has 0 N–H and O–H groups in total. The summed E-state index contributed by atoms with van der Waals surface area (Å²) in [5, 5.41) is 20.5. The molecule has 0 aliphatic heterocycles. The van der Waals surface area contributed by atoms with Gasteiger partial charge < -0.3 is 19.8 Å². The fourth-order valence-corrected chi connectivity index (χ4v) is 0.733. The SMILES string of the molecule is O=C([O-])c1cccnc1C(=O)[O-].[Ca+2]. The predicted octanol–water partition coefficient (Wildman–Crippen LogP) is -2.57. The van der Waals surface area contributed by atoms with Crippen LogP contribution in [0.3, 0.4) is 0 Å². The largest absolute Gasteiger partial charge is 2.00 e. The second kappa shape index (κ2) is 5.16. The number of carboxylic acid groups (broad SMARTS) is 2. The van der Waals surface area contributed by atoms with Gasteiger partial charge in [0.25, 0.3) is 0 Å². The predicted molar refractivity (Wildman–Crippen MR) is 38.7 cm³/mol. The minimum absolute atomic E-state index is 0. The smallest absolute Gasteiger partial charge is 0.545 e. The van der Waals surface area contributed by atoms with E-state index < -0.39 is 23.2 Å². The third-order valence-electron chi connectivity index (χ3n) is 1.22. The van der Waals surface area contributed by atoms with Gasteiger partial charge in [-0.15, -0.1) is 0 Å². The summed E-state index contributed by atoms with van der Waals surface area (Å²) in [5.74, 6) is -3.21. The molecule has 0 radical (unpaired) electrons. The first kappa shape index (κ1) is 12.3. The molecular formula is C7H3CaNO4. The molecule has 0 saturated carbocycles. The van der Waals surface area contributed by atoms with E-state index in [-0.39, 0.29) is 37.7 Å². The second-order valence-electron chi connectivity index (χ2n) is 1.97. The van der Waals surface area contributed by atoms with Crippen molar-refractivity contribution in [2.45, 2.75) is 0 Å². The Kier molecular flexibility index (Phi) is 4.90. The van der Waals surface area contributed by atoms with Crippen LogP contribution in [-0.4, -0.2) is 54.7 Å². The van der Waals surface area contributed by atoms with Gasteiger partial charge in [-0.25, -0.2) is 0 Å². The molecule has 13 heavy (non-hydrogen) atoms. The van der Waals surface area contributed by atoms with Crippen LogP contribution in [-0.2, 0) is 0 Å².